The standard InChI is InChI=1S/C6H9N3S3/c1-9(2)4-3-7-5-8-6(10)12-11-5/h3-4H,1-2H3,(H,7,8,10)/b4-3+. The van der Waals surface area contributed by atoms with Crippen molar-refractivity contribution in [2.24, 2.45) is 0 Å². The lowest BCUT2D eigenvalue weighted by atomic mass is 10.8. The van der Waals surface area contributed by atoms with Crippen LogP contribution >= 0.6 is 32.9 Å². The average Bonchev–Trinajstić information content (AvgIpc) is 2.35. The summed E-state index contributed by atoms with van der Waals surface area (Å²) in [4.78, 5) is 6.02. The lowest BCUT2D eigenvalue weighted by molar-refractivity contribution is 0.563. The number of nitrogens with zero attached hydrogens (tertiary/aromatic N) is 2. The molecule has 0 saturated heterocycles. The van der Waals surface area contributed by atoms with Gasteiger partial charge in [0.25, 0.3) is 0 Å². The molecule has 0 saturated carbocycles. The predicted octanol–water partition coefficient (Wildman–Crippen LogP) is 2.38. The van der Waals surface area contributed by atoms with E-state index >= 15 is 0 Å². The average molecular weight is 219 g/mol. The van der Waals surface area contributed by atoms with Crippen molar-refractivity contribution in [3.8, 4) is 0 Å². The fourth-order valence-corrected chi connectivity index (χ4v) is 2.36. The molecule has 0 spiro atoms. The van der Waals surface area contributed by atoms with Crippen LogP contribution < -0.4 is 5.32 Å². The van der Waals surface area contributed by atoms with E-state index in [2.05, 4.69) is 10.3 Å². The summed E-state index contributed by atoms with van der Waals surface area (Å²) >= 11 is 4.88. The number of nitrogens with one attached hydrogen (secondary N) is 1. The summed E-state index contributed by atoms with van der Waals surface area (Å²) in [6.07, 6.45) is 3.75. The number of rotatable bonds is 3. The molecular weight excluding hydrogens is 210 g/mol. The SMILES string of the molecule is CN(C)/C=C/Nc1nc(=S)ss1. The van der Waals surface area contributed by atoms with Crippen LogP contribution in [-0.2, 0) is 0 Å². The molecule has 1 rings (SSSR count). The Labute approximate surface area is 83.8 Å². The van der Waals surface area contributed by atoms with Crippen molar-refractivity contribution in [2.75, 3.05) is 19.4 Å². The fourth-order valence-electron chi connectivity index (χ4n) is 0.509. The smallest absolute Gasteiger partial charge is 0.198 e. The Kier molecular flexibility index (Phi) is 3.64. The van der Waals surface area contributed by atoms with Gasteiger partial charge in [0.1, 0.15) is 0 Å². The Balaban J connectivity index is 2.48. The van der Waals surface area contributed by atoms with Gasteiger partial charge < -0.3 is 10.2 Å². The van der Waals surface area contributed by atoms with Gasteiger partial charge >= 0.3 is 0 Å². The van der Waals surface area contributed by atoms with E-state index in [0.717, 1.165) is 5.13 Å². The summed E-state index contributed by atoms with van der Waals surface area (Å²) in [6, 6.07) is 0. The summed E-state index contributed by atoms with van der Waals surface area (Å²) in [5.74, 6) is 0. The third kappa shape index (κ3) is 3.29. The van der Waals surface area contributed by atoms with Gasteiger partial charge in [-0.05, 0) is 32.9 Å². The molecular formula is C6H9N3S3. The van der Waals surface area contributed by atoms with Crippen molar-refractivity contribution < 1.29 is 0 Å². The van der Waals surface area contributed by atoms with Gasteiger partial charge in [0.15, 0.2) is 9.09 Å². The minimum absolute atomic E-state index is 0.681. The number of hydrogen-bond acceptors (Lipinski definition) is 6. The summed E-state index contributed by atoms with van der Waals surface area (Å²) in [6.45, 7) is 0. The highest BCUT2D eigenvalue weighted by atomic mass is 32.9. The first-order chi connectivity index (χ1) is 5.68. The quantitative estimate of drug-likeness (QED) is 0.624. The van der Waals surface area contributed by atoms with Gasteiger partial charge in [0, 0.05) is 26.5 Å². The first kappa shape index (κ1) is 9.63. The lowest BCUT2D eigenvalue weighted by Crippen LogP contribution is -2.01. The van der Waals surface area contributed by atoms with Crippen molar-refractivity contribution >= 4 is 38.0 Å². The highest BCUT2D eigenvalue weighted by Gasteiger charge is 1.91. The van der Waals surface area contributed by atoms with Gasteiger partial charge in [-0.3, -0.25) is 0 Å². The maximum absolute atomic E-state index is 4.88. The second-order valence-corrected chi connectivity index (χ2v) is 5.03. The Hall–Kier alpha value is -0.460. The number of anilines is 1. The Morgan fingerprint density at radius 1 is 1.50 bits per heavy atom. The molecule has 3 nitrogen and oxygen atoms in total. The highest BCUT2D eigenvalue weighted by molar-refractivity contribution is 7.79. The van der Waals surface area contributed by atoms with Crippen LogP contribution in [0.5, 0.6) is 0 Å². The molecule has 0 aliphatic rings. The zero-order valence-electron chi connectivity index (χ0n) is 6.77. The van der Waals surface area contributed by atoms with Crippen molar-refractivity contribution in [1.82, 2.24) is 9.88 Å². The molecule has 12 heavy (non-hydrogen) atoms. The van der Waals surface area contributed by atoms with Gasteiger partial charge in [0.2, 0.25) is 0 Å². The molecule has 0 aliphatic heterocycles. The third-order valence-electron chi connectivity index (χ3n) is 0.964. The minimum atomic E-state index is 0.681. The molecule has 0 bridgehead atoms. The molecule has 0 radical (unpaired) electrons. The van der Waals surface area contributed by atoms with Crippen molar-refractivity contribution in [3.63, 3.8) is 0 Å². The Morgan fingerprint density at radius 3 is 2.75 bits per heavy atom. The second kappa shape index (κ2) is 4.54. The monoisotopic (exact) mass is 219 g/mol. The number of aromatic nitrogens is 1. The van der Waals surface area contributed by atoms with E-state index in [0.29, 0.717) is 3.95 Å². The summed E-state index contributed by atoms with van der Waals surface area (Å²) < 4.78 is 0.681. The van der Waals surface area contributed by atoms with Gasteiger partial charge in [-0.1, -0.05) is 0 Å². The predicted molar refractivity (Wildman–Crippen MR) is 57.3 cm³/mol. The topological polar surface area (TPSA) is 28.2 Å². The van der Waals surface area contributed by atoms with Gasteiger partial charge in [0.05, 0.1) is 0 Å². The fraction of sp³-hybridized carbons (Fsp3) is 0.333. The summed E-state index contributed by atoms with van der Waals surface area (Å²) in [7, 11) is 6.96. The van der Waals surface area contributed by atoms with Crippen LogP contribution in [0.1, 0.15) is 0 Å². The zero-order chi connectivity index (χ0) is 8.97. The highest BCUT2D eigenvalue weighted by Crippen LogP contribution is 2.18. The van der Waals surface area contributed by atoms with Gasteiger partial charge in [-0.15, -0.1) is 0 Å². The minimum Gasteiger partial charge on any atom is -0.382 e. The zero-order valence-corrected chi connectivity index (χ0v) is 9.22. The van der Waals surface area contributed by atoms with E-state index in [1.54, 1.807) is 10.3 Å². The molecule has 1 aromatic heterocycles. The molecule has 6 heteroatoms. The molecule has 0 amide bonds. The van der Waals surface area contributed by atoms with Gasteiger partial charge in [-0.25, -0.2) is 0 Å². The van der Waals surface area contributed by atoms with Crippen LogP contribution in [0.25, 0.3) is 0 Å². The molecule has 66 valence electrons. The molecule has 0 aromatic carbocycles. The molecule has 0 aliphatic carbocycles. The maximum Gasteiger partial charge on any atom is 0.198 e. The molecule has 1 aromatic rings. The lowest BCUT2D eigenvalue weighted by Gasteiger charge is -2.02. The third-order valence-corrected chi connectivity index (χ3v) is 3.50. The van der Waals surface area contributed by atoms with Crippen LogP contribution in [0.4, 0.5) is 5.13 Å². The van der Waals surface area contributed by atoms with Gasteiger partial charge in [-0.2, -0.15) is 4.98 Å². The van der Waals surface area contributed by atoms with Crippen LogP contribution in [0, 0.1) is 3.95 Å². The van der Waals surface area contributed by atoms with E-state index in [-0.39, 0.29) is 0 Å². The Bertz CT molecular complexity index is 312. The van der Waals surface area contributed by atoms with Crippen molar-refractivity contribution in [2.45, 2.75) is 0 Å². The normalized spacial score (nSPS) is 10.5. The molecule has 1 N–H and O–H groups in total. The van der Waals surface area contributed by atoms with E-state index in [1.807, 2.05) is 31.4 Å². The summed E-state index contributed by atoms with van der Waals surface area (Å²) in [5, 5.41) is 3.88. The molecule has 1 heterocycles. The van der Waals surface area contributed by atoms with E-state index in [9.17, 15) is 0 Å². The number of hydrogen-bond donors (Lipinski definition) is 1. The van der Waals surface area contributed by atoms with Crippen LogP contribution in [-0.4, -0.2) is 24.0 Å². The van der Waals surface area contributed by atoms with Crippen molar-refractivity contribution in [1.29, 1.82) is 0 Å². The van der Waals surface area contributed by atoms with Crippen LogP contribution in [0.2, 0.25) is 0 Å². The van der Waals surface area contributed by atoms with E-state index in [1.165, 1.54) is 10.3 Å². The second-order valence-electron chi connectivity index (χ2n) is 2.27. The first-order valence-electron chi connectivity index (χ1n) is 3.25. The van der Waals surface area contributed by atoms with Crippen LogP contribution in [0.15, 0.2) is 12.4 Å². The largest absolute Gasteiger partial charge is 0.382 e. The van der Waals surface area contributed by atoms with Crippen molar-refractivity contribution in [3.05, 3.63) is 16.4 Å². The first-order valence-corrected chi connectivity index (χ1v) is 5.81. The molecule has 0 unspecified atom stereocenters. The molecule has 0 atom stereocenters. The van der Waals surface area contributed by atoms with E-state index < -0.39 is 0 Å². The maximum atomic E-state index is 4.88. The Morgan fingerprint density at radius 2 is 2.25 bits per heavy atom. The molecule has 0 fully saturated rings. The van der Waals surface area contributed by atoms with Crippen LogP contribution in [0.3, 0.4) is 0 Å². The summed E-state index contributed by atoms with van der Waals surface area (Å²) in [5.41, 5.74) is 0. The van der Waals surface area contributed by atoms with E-state index in [4.69, 9.17) is 12.2 Å².